The number of urea groups is 2. The third-order valence-corrected chi connectivity index (χ3v) is 6.08. The molecule has 44 heavy (non-hydrogen) atoms. The molecular weight excluding hydrogens is 679 g/mol. The predicted molar refractivity (Wildman–Crippen MR) is 176 cm³/mol. The third-order valence-electron chi connectivity index (χ3n) is 5.36. The van der Waals surface area contributed by atoms with Crippen LogP contribution in [0.25, 0.3) is 0 Å². The first-order chi connectivity index (χ1) is 20.1. The number of carbonyl (C=O) groups excluding carboxylic acids is 5. The summed E-state index contributed by atoms with van der Waals surface area (Å²) in [6, 6.07) is 4.02. The number of benzene rings is 1. The van der Waals surface area contributed by atoms with Crippen LogP contribution in [0.2, 0.25) is 0 Å². The van der Waals surface area contributed by atoms with E-state index in [1.807, 2.05) is 12.1 Å². The van der Waals surface area contributed by atoms with Crippen LogP contribution >= 0.6 is 22.6 Å². The highest BCUT2D eigenvalue weighted by Crippen LogP contribution is 2.15. The first-order valence-electron chi connectivity index (χ1n) is 14.7. The summed E-state index contributed by atoms with van der Waals surface area (Å²) in [6.45, 7) is 15.8. The zero-order valence-corrected chi connectivity index (χ0v) is 29.5. The lowest BCUT2D eigenvalue weighted by Crippen LogP contribution is -2.53. The molecule has 1 aromatic rings. The van der Waals surface area contributed by atoms with E-state index in [0.29, 0.717) is 25.1 Å². The smallest absolute Gasteiger partial charge is 0.329 e. The number of unbranched alkanes of at least 4 members (excludes halogenated alkanes) is 1. The Morgan fingerprint density at radius 1 is 0.682 bits per heavy atom. The van der Waals surface area contributed by atoms with Crippen LogP contribution in [0.4, 0.5) is 15.3 Å². The van der Waals surface area contributed by atoms with Crippen molar-refractivity contribution in [2.24, 2.45) is 0 Å². The van der Waals surface area contributed by atoms with Crippen LogP contribution in [-0.4, -0.2) is 65.4 Å². The number of carbonyl (C=O) groups is 5. The molecule has 0 fully saturated rings. The minimum Gasteiger partial charge on any atom is -0.460 e. The van der Waals surface area contributed by atoms with Gasteiger partial charge in [-0.2, -0.15) is 0 Å². The zero-order chi connectivity index (χ0) is 33.7. The number of rotatable bonds is 13. The van der Waals surface area contributed by atoms with E-state index in [1.54, 1.807) is 74.4 Å². The minimum atomic E-state index is -1.17. The molecule has 1 rings (SSSR count). The molecule has 2 atom stereocenters. The Balaban J connectivity index is 2.81. The summed E-state index contributed by atoms with van der Waals surface area (Å²) < 4.78 is 17.3. The number of nitrogens with one attached hydrogen (secondary N) is 4. The van der Waals surface area contributed by atoms with Gasteiger partial charge in [-0.1, -0.05) is 0 Å². The van der Waals surface area contributed by atoms with Crippen molar-refractivity contribution in [2.75, 3.05) is 11.9 Å². The summed E-state index contributed by atoms with van der Waals surface area (Å²) in [4.78, 5) is 63.3. The number of hydrogen-bond acceptors (Lipinski definition) is 8. The van der Waals surface area contributed by atoms with Crippen molar-refractivity contribution in [3.8, 4) is 0 Å². The standard InChI is InChI=1S/C31H49IN4O8/c1-29(2,3)42-24(37)18-17-23(26(39)44-31(7,8)9)36-28(41)35-22(25(38)43-30(4,5)6)12-10-11-19-33-27(40)34-21-15-13-20(32)14-16-21/h13-16,22-23H,10-12,17-19H2,1-9H3,(H2,33,34,40)(H2,35,36,41)/t22-,23-/m0/s1/i32-4. The fraction of sp³-hybridized carbons (Fsp3) is 0.645. The Labute approximate surface area is 274 Å². The first kappa shape index (κ1) is 38.9. The summed E-state index contributed by atoms with van der Waals surface area (Å²) in [6.07, 6.45) is 1.02. The highest BCUT2D eigenvalue weighted by atomic mass is 123. The summed E-state index contributed by atoms with van der Waals surface area (Å²) in [5, 5.41) is 10.7. The van der Waals surface area contributed by atoms with Crippen LogP contribution in [-0.2, 0) is 28.6 Å². The van der Waals surface area contributed by atoms with Crippen molar-refractivity contribution < 1.29 is 38.2 Å². The predicted octanol–water partition coefficient (Wildman–Crippen LogP) is 5.42. The van der Waals surface area contributed by atoms with E-state index in [0.717, 1.165) is 3.57 Å². The molecule has 0 unspecified atom stereocenters. The van der Waals surface area contributed by atoms with Crippen LogP contribution in [0.5, 0.6) is 0 Å². The van der Waals surface area contributed by atoms with Crippen LogP contribution < -0.4 is 21.3 Å². The summed E-state index contributed by atoms with van der Waals surface area (Å²) in [7, 11) is 0. The van der Waals surface area contributed by atoms with Crippen LogP contribution in [0.15, 0.2) is 24.3 Å². The molecule has 0 aromatic heterocycles. The number of halogens is 1. The molecule has 0 saturated carbocycles. The van der Waals surface area contributed by atoms with Crippen molar-refractivity contribution in [3.63, 3.8) is 0 Å². The second kappa shape index (κ2) is 17.4. The molecule has 248 valence electrons. The van der Waals surface area contributed by atoms with E-state index in [2.05, 4.69) is 43.9 Å². The molecule has 0 aliphatic carbocycles. The normalized spacial score (nSPS) is 13.1. The van der Waals surface area contributed by atoms with E-state index >= 15 is 0 Å². The minimum absolute atomic E-state index is 0.0652. The fourth-order valence-electron chi connectivity index (χ4n) is 3.64. The number of esters is 3. The van der Waals surface area contributed by atoms with Crippen molar-refractivity contribution in [2.45, 2.75) is 123 Å². The average Bonchev–Trinajstić information content (AvgIpc) is 2.83. The monoisotopic (exact) mass is 728 g/mol. The maximum absolute atomic E-state index is 13.0. The Hall–Kier alpha value is -3.10. The van der Waals surface area contributed by atoms with Gasteiger partial charge in [-0.25, -0.2) is 19.2 Å². The maximum Gasteiger partial charge on any atom is 0.329 e. The largest absolute Gasteiger partial charge is 0.460 e. The van der Waals surface area contributed by atoms with Gasteiger partial charge in [-0.3, -0.25) is 4.79 Å². The highest BCUT2D eigenvalue weighted by Gasteiger charge is 2.31. The van der Waals surface area contributed by atoms with Gasteiger partial charge >= 0.3 is 30.0 Å². The lowest BCUT2D eigenvalue weighted by atomic mass is 10.1. The van der Waals surface area contributed by atoms with Gasteiger partial charge in [0.25, 0.3) is 0 Å². The molecule has 0 radical (unpaired) electrons. The first-order valence-corrected chi connectivity index (χ1v) is 15.8. The Morgan fingerprint density at radius 3 is 1.64 bits per heavy atom. The number of hydrogen-bond donors (Lipinski definition) is 4. The zero-order valence-electron chi connectivity index (χ0n) is 27.4. The van der Waals surface area contributed by atoms with E-state index in [1.165, 1.54) is 0 Å². The Bertz CT molecular complexity index is 1120. The summed E-state index contributed by atoms with van der Waals surface area (Å²) in [5.41, 5.74) is -1.67. The van der Waals surface area contributed by atoms with Crippen molar-refractivity contribution in [1.29, 1.82) is 0 Å². The van der Waals surface area contributed by atoms with E-state index in [9.17, 15) is 24.0 Å². The molecular formula is C31H49IN4O8. The van der Waals surface area contributed by atoms with Gasteiger partial charge in [0.2, 0.25) is 0 Å². The molecule has 13 heteroatoms. The summed E-state index contributed by atoms with van der Waals surface area (Å²) in [5.74, 6) is -1.89. The maximum atomic E-state index is 13.0. The van der Waals surface area contributed by atoms with Gasteiger partial charge in [0.1, 0.15) is 28.9 Å². The molecule has 4 N–H and O–H groups in total. The second-order valence-corrected chi connectivity index (χ2v) is 14.5. The van der Waals surface area contributed by atoms with Crippen molar-refractivity contribution in [3.05, 3.63) is 27.8 Å². The third kappa shape index (κ3) is 18.5. The van der Waals surface area contributed by atoms with Crippen LogP contribution in [0.3, 0.4) is 0 Å². The number of anilines is 1. The van der Waals surface area contributed by atoms with Gasteiger partial charge in [-0.15, -0.1) is 0 Å². The van der Waals surface area contributed by atoms with Crippen LogP contribution in [0.1, 0.15) is 94.4 Å². The fourth-order valence-corrected chi connectivity index (χ4v) is 4.00. The van der Waals surface area contributed by atoms with Gasteiger partial charge in [0, 0.05) is 22.2 Å². The highest BCUT2D eigenvalue weighted by molar-refractivity contribution is 14.1. The van der Waals surface area contributed by atoms with Gasteiger partial charge in [0.05, 0.1) is 0 Å². The molecule has 0 aliphatic heterocycles. The van der Waals surface area contributed by atoms with Crippen molar-refractivity contribution >= 4 is 58.2 Å². The molecule has 0 saturated heterocycles. The van der Waals surface area contributed by atoms with Gasteiger partial charge in [-0.05, 0) is 135 Å². The molecule has 12 nitrogen and oxygen atoms in total. The molecule has 4 amide bonds. The second-order valence-electron chi connectivity index (χ2n) is 13.3. The van der Waals surface area contributed by atoms with E-state index < -0.39 is 52.8 Å². The van der Waals surface area contributed by atoms with Gasteiger partial charge in [0.15, 0.2) is 0 Å². The topological polar surface area (TPSA) is 161 Å². The van der Waals surface area contributed by atoms with Gasteiger partial charge < -0.3 is 35.5 Å². The van der Waals surface area contributed by atoms with Crippen molar-refractivity contribution in [1.82, 2.24) is 16.0 Å². The molecule has 0 spiro atoms. The number of ether oxygens (including phenoxy) is 3. The van der Waals surface area contributed by atoms with Crippen LogP contribution in [0, 0.1) is 3.57 Å². The quantitative estimate of drug-likeness (QED) is 0.0906. The Kier molecular flexibility index (Phi) is 15.4. The molecule has 1 aromatic carbocycles. The SMILES string of the molecule is CC(C)(C)OC(=O)CC[C@H](NC(=O)N[C@@H](CCCCNC(=O)Nc1ccc([123I])cc1)C(=O)OC(C)(C)C)C(=O)OC(C)(C)C. The average molecular weight is 729 g/mol. The Morgan fingerprint density at radius 2 is 1.16 bits per heavy atom. The molecule has 0 aliphatic rings. The van der Waals surface area contributed by atoms with E-state index in [4.69, 9.17) is 14.2 Å². The summed E-state index contributed by atoms with van der Waals surface area (Å²) >= 11 is 2.18. The molecule has 0 bridgehead atoms. The lowest BCUT2D eigenvalue weighted by molar-refractivity contribution is -0.159. The van der Waals surface area contributed by atoms with E-state index in [-0.39, 0.29) is 25.3 Å². The molecule has 0 heterocycles. The lowest BCUT2D eigenvalue weighted by Gasteiger charge is -2.27. The number of amides is 4.